The van der Waals surface area contributed by atoms with Crippen molar-refractivity contribution in [3.05, 3.63) is 42.1 Å². The zero-order valence-electron chi connectivity index (χ0n) is 14.0. The smallest absolute Gasteiger partial charge is 0.227 e. The second-order valence-electron chi connectivity index (χ2n) is 6.37. The Labute approximate surface area is 142 Å². The number of carbonyl (C=O) groups is 2. The Bertz CT molecular complexity index is 731. The number of hydrogen-bond donors (Lipinski definition) is 1. The van der Waals surface area contributed by atoms with Crippen molar-refractivity contribution < 1.29 is 9.59 Å². The second kappa shape index (κ2) is 7.43. The molecule has 1 aromatic heterocycles. The summed E-state index contributed by atoms with van der Waals surface area (Å²) in [5.74, 6) is 0.612. The van der Waals surface area contributed by atoms with Crippen LogP contribution in [0.4, 0.5) is 0 Å². The highest BCUT2D eigenvalue weighted by Gasteiger charge is 2.24. The standard InChI is InChI=1S/C19H23N3O2/c1-20-17(23)12-14-7-10-22(11-8-14)18(24)13-16-5-2-4-15-6-3-9-21-19(15)16/h2-6,9,14H,7-8,10-13H2,1H3,(H,20,23). The van der Waals surface area contributed by atoms with Gasteiger partial charge in [0.15, 0.2) is 0 Å². The number of fused-ring (bicyclic) bond motifs is 1. The van der Waals surface area contributed by atoms with E-state index < -0.39 is 0 Å². The first-order valence-corrected chi connectivity index (χ1v) is 8.48. The van der Waals surface area contributed by atoms with Crippen LogP contribution in [0.3, 0.4) is 0 Å². The van der Waals surface area contributed by atoms with Crippen LogP contribution in [0, 0.1) is 5.92 Å². The Morgan fingerprint density at radius 2 is 1.96 bits per heavy atom. The molecule has 2 amide bonds. The number of pyridine rings is 1. The first kappa shape index (κ1) is 16.4. The number of likely N-dealkylation sites (tertiary alicyclic amines) is 1. The molecule has 1 aliphatic heterocycles. The molecule has 0 saturated carbocycles. The van der Waals surface area contributed by atoms with Crippen LogP contribution in [0.2, 0.25) is 0 Å². The van der Waals surface area contributed by atoms with E-state index in [-0.39, 0.29) is 11.8 Å². The molecule has 0 unspecified atom stereocenters. The van der Waals surface area contributed by atoms with E-state index in [4.69, 9.17) is 0 Å². The van der Waals surface area contributed by atoms with Crippen LogP contribution in [0.5, 0.6) is 0 Å². The highest BCUT2D eigenvalue weighted by atomic mass is 16.2. The summed E-state index contributed by atoms with van der Waals surface area (Å²) in [6, 6.07) is 9.89. The lowest BCUT2D eigenvalue weighted by atomic mass is 9.93. The topological polar surface area (TPSA) is 62.3 Å². The Morgan fingerprint density at radius 1 is 1.21 bits per heavy atom. The summed E-state index contributed by atoms with van der Waals surface area (Å²) in [5.41, 5.74) is 1.88. The van der Waals surface area contributed by atoms with Crippen LogP contribution >= 0.6 is 0 Å². The number of piperidine rings is 1. The summed E-state index contributed by atoms with van der Waals surface area (Å²) < 4.78 is 0. The van der Waals surface area contributed by atoms with E-state index in [1.54, 1.807) is 13.2 Å². The molecule has 1 saturated heterocycles. The first-order chi connectivity index (χ1) is 11.7. The van der Waals surface area contributed by atoms with Gasteiger partial charge in [-0.3, -0.25) is 14.6 Å². The average Bonchev–Trinajstić information content (AvgIpc) is 2.62. The lowest BCUT2D eigenvalue weighted by Gasteiger charge is -2.31. The molecule has 126 valence electrons. The molecule has 2 aromatic rings. The minimum Gasteiger partial charge on any atom is -0.359 e. The van der Waals surface area contributed by atoms with E-state index in [0.29, 0.717) is 18.8 Å². The summed E-state index contributed by atoms with van der Waals surface area (Å²) in [7, 11) is 1.67. The van der Waals surface area contributed by atoms with Crippen LogP contribution < -0.4 is 5.32 Å². The quantitative estimate of drug-likeness (QED) is 0.937. The number of aromatic nitrogens is 1. The predicted molar refractivity (Wildman–Crippen MR) is 93.4 cm³/mol. The minimum absolute atomic E-state index is 0.0848. The summed E-state index contributed by atoms with van der Waals surface area (Å²) >= 11 is 0. The van der Waals surface area contributed by atoms with Gasteiger partial charge < -0.3 is 10.2 Å². The molecule has 1 N–H and O–H groups in total. The SMILES string of the molecule is CNC(=O)CC1CCN(C(=O)Cc2cccc3cccnc23)CC1. The highest BCUT2D eigenvalue weighted by molar-refractivity contribution is 5.87. The number of amides is 2. The van der Waals surface area contributed by atoms with Crippen LogP contribution in [0.25, 0.3) is 10.9 Å². The molecular weight excluding hydrogens is 302 g/mol. The molecule has 2 heterocycles. The van der Waals surface area contributed by atoms with Crippen molar-refractivity contribution in [3.8, 4) is 0 Å². The van der Waals surface area contributed by atoms with Crippen molar-refractivity contribution in [1.29, 1.82) is 0 Å². The summed E-state index contributed by atoms with van der Waals surface area (Å²) in [4.78, 5) is 30.4. The molecule has 0 atom stereocenters. The summed E-state index contributed by atoms with van der Waals surface area (Å²) in [6.07, 6.45) is 4.50. The van der Waals surface area contributed by atoms with Crippen molar-refractivity contribution in [2.45, 2.75) is 25.7 Å². The van der Waals surface area contributed by atoms with Gasteiger partial charge in [-0.1, -0.05) is 24.3 Å². The van der Waals surface area contributed by atoms with Gasteiger partial charge in [-0.2, -0.15) is 0 Å². The third kappa shape index (κ3) is 3.72. The van der Waals surface area contributed by atoms with Gasteiger partial charge in [0, 0.05) is 38.1 Å². The molecular formula is C19H23N3O2. The van der Waals surface area contributed by atoms with E-state index in [9.17, 15) is 9.59 Å². The van der Waals surface area contributed by atoms with E-state index in [2.05, 4.69) is 10.3 Å². The van der Waals surface area contributed by atoms with Crippen LogP contribution in [-0.2, 0) is 16.0 Å². The molecule has 5 heteroatoms. The largest absolute Gasteiger partial charge is 0.359 e. The Morgan fingerprint density at radius 3 is 2.71 bits per heavy atom. The number of para-hydroxylation sites is 1. The normalized spacial score (nSPS) is 15.5. The summed E-state index contributed by atoms with van der Waals surface area (Å²) in [5, 5.41) is 3.73. The Kier molecular flexibility index (Phi) is 5.08. The molecule has 3 rings (SSSR count). The molecule has 0 aliphatic carbocycles. The molecule has 1 fully saturated rings. The van der Waals surface area contributed by atoms with E-state index in [0.717, 1.165) is 42.4 Å². The highest BCUT2D eigenvalue weighted by Crippen LogP contribution is 2.22. The fourth-order valence-electron chi connectivity index (χ4n) is 3.34. The van der Waals surface area contributed by atoms with Crippen LogP contribution in [-0.4, -0.2) is 41.8 Å². The number of nitrogens with zero attached hydrogens (tertiary/aromatic N) is 2. The van der Waals surface area contributed by atoms with Crippen molar-refractivity contribution in [1.82, 2.24) is 15.2 Å². The van der Waals surface area contributed by atoms with Gasteiger partial charge in [-0.15, -0.1) is 0 Å². The maximum absolute atomic E-state index is 12.6. The second-order valence-corrected chi connectivity index (χ2v) is 6.37. The van der Waals surface area contributed by atoms with Crippen molar-refractivity contribution in [2.75, 3.05) is 20.1 Å². The van der Waals surface area contributed by atoms with Gasteiger partial charge in [0.05, 0.1) is 11.9 Å². The molecule has 0 bridgehead atoms. The first-order valence-electron chi connectivity index (χ1n) is 8.48. The maximum atomic E-state index is 12.6. The van der Waals surface area contributed by atoms with Gasteiger partial charge in [0.1, 0.15) is 0 Å². The van der Waals surface area contributed by atoms with Gasteiger partial charge in [0.25, 0.3) is 0 Å². The zero-order valence-corrected chi connectivity index (χ0v) is 14.0. The van der Waals surface area contributed by atoms with Crippen LogP contribution in [0.15, 0.2) is 36.5 Å². The van der Waals surface area contributed by atoms with Crippen molar-refractivity contribution in [2.24, 2.45) is 5.92 Å². The Hall–Kier alpha value is -2.43. The van der Waals surface area contributed by atoms with E-state index >= 15 is 0 Å². The number of hydrogen-bond acceptors (Lipinski definition) is 3. The lowest BCUT2D eigenvalue weighted by molar-refractivity contribution is -0.132. The third-order valence-corrected chi connectivity index (χ3v) is 4.78. The molecule has 1 aromatic carbocycles. The molecule has 0 radical (unpaired) electrons. The van der Waals surface area contributed by atoms with Crippen LogP contribution in [0.1, 0.15) is 24.8 Å². The minimum atomic E-state index is 0.0848. The summed E-state index contributed by atoms with van der Waals surface area (Å²) in [6.45, 7) is 1.47. The zero-order chi connectivity index (χ0) is 16.9. The fourth-order valence-corrected chi connectivity index (χ4v) is 3.34. The number of benzene rings is 1. The van der Waals surface area contributed by atoms with Crippen molar-refractivity contribution in [3.63, 3.8) is 0 Å². The van der Waals surface area contributed by atoms with Crippen molar-refractivity contribution >= 4 is 22.7 Å². The average molecular weight is 325 g/mol. The number of rotatable bonds is 4. The molecule has 5 nitrogen and oxygen atoms in total. The van der Waals surface area contributed by atoms with Gasteiger partial charge in [0.2, 0.25) is 11.8 Å². The van der Waals surface area contributed by atoms with Gasteiger partial charge in [-0.05, 0) is 30.4 Å². The molecule has 24 heavy (non-hydrogen) atoms. The van der Waals surface area contributed by atoms with E-state index in [1.807, 2.05) is 35.2 Å². The third-order valence-electron chi connectivity index (χ3n) is 4.78. The fraction of sp³-hybridized carbons (Fsp3) is 0.421. The molecule has 1 aliphatic rings. The maximum Gasteiger partial charge on any atom is 0.227 e. The predicted octanol–water partition coefficient (Wildman–Crippen LogP) is 2.15. The lowest BCUT2D eigenvalue weighted by Crippen LogP contribution is -2.40. The molecule has 0 spiro atoms. The number of nitrogens with one attached hydrogen (secondary N) is 1. The van der Waals surface area contributed by atoms with Gasteiger partial charge >= 0.3 is 0 Å². The van der Waals surface area contributed by atoms with Gasteiger partial charge in [-0.25, -0.2) is 0 Å². The van der Waals surface area contributed by atoms with E-state index in [1.165, 1.54) is 0 Å². The Balaban J connectivity index is 1.61. The monoisotopic (exact) mass is 325 g/mol. The number of carbonyl (C=O) groups excluding carboxylic acids is 2.